The molecule has 6 nitrogen and oxygen atoms in total. The van der Waals surface area contributed by atoms with Gasteiger partial charge in [-0.2, -0.15) is 9.50 Å². The summed E-state index contributed by atoms with van der Waals surface area (Å²) in [7, 11) is 3.14. The van der Waals surface area contributed by atoms with Gasteiger partial charge < -0.3 is 9.47 Å². The Kier molecular flexibility index (Phi) is 4.42. The molecule has 0 radical (unpaired) electrons. The molecule has 0 aliphatic rings. The van der Waals surface area contributed by atoms with Crippen molar-refractivity contribution in [1.82, 2.24) is 19.6 Å². The zero-order chi connectivity index (χ0) is 18.8. The summed E-state index contributed by atoms with van der Waals surface area (Å²) in [5, 5.41) is 4.59. The molecular formula is C20H17FN4O2. The highest BCUT2D eigenvalue weighted by atomic mass is 19.1. The van der Waals surface area contributed by atoms with E-state index in [4.69, 9.17) is 9.47 Å². The van der Waals surface area contributed by atoms with E-state index in [9.17, 15) is 4.39 Å². The van der Waals surface area contributed by atoms with Crippen LogP contribution in [0.4, 0.5) is 4.39 Å². The minimum atomic E-state index is -0.361. The van der Waals surface area contributed by atoms with E-state index in [-0.39, 0.29) is 5.82 Å². The molecule has 2 aromatic carbocycles. The molecule has 0 atom stereocenters. The third-order valence-electron chi connectivity index (χ3n) is 4.25. The number of hydrogen-bond acceptors (Lipinski definition) is 5. The summed E-state index contributed by atoms with van der Waals surface area (Å²) >= 11 is 0. The van der Waals surface area contributed by atoms with E-state index < -0.39 is 0 Å². The van der Waals surface area contributed by atoms with Gasteiger partial charge in [0.1, 0.15) is 17.3 Å². The van der Waals surface area contributed by atoms with Crippen molar-refractivity contribution in [1.29, 1.82) is 0 Å². The van der Waals surface area contributed by atoms with Crippen LogP contribution in [0.25, 0.3) is 17.0 Å². The van der Waals surface area contributed by atoms with Crippen LogP contribution in [-0.2, 0) is 6.42 Å². The average Bonchev–Trinajstić information content (AvgIpc) is 3.11. The van der Waals surface area contributed by atoms with Gasteiger partial charge in [0, 0.05) is 24.2 Å². The maximum Gasteiger partial charge on any atom is 0.252 e. The van der Waals surface area contributed by atoms with Gasteiger partial charge in [0.05, 0.1) is 19.9 Å². The molecule has 4 rings (SSSR count). The Morgan fingerprint density at radius 3 is 2.56 bits per heavy atom. The molecule has 4 aromatic rings. The zero-order valence-electron chi connectivity index (χ0n) is 14.9. The van der Waals surface area contributed by atoms with Gasteiger partial charge in [0.2, 0.25) is 0 Å². The second-order valence-electron chi connectivity index (χ2n) is 5.94. The monoisotopic (exact) mass is 364 g/mol. The van der Waals surface area contributed by atoms with Crippen LogP contribution in [0.15, 0.2) is 54.7 Å². The highest BCUT2D eigenvalue weighted by Gasteiger charge is 2.14. The largest absolute Gasteiger partial charge is 0.497 e. The maximum atomic E-state index is 13.5. The molecule has 0 aliphatic carbocycles. The predicted octanol–water partition coefficient (Wildman–Crippen LogP) is 3.54. The first-order valence-corrected chi connectivity index (χ1v) is 8.35. The molecule has 7 heteroatoms. The molecule has 0 N–H and O–H groups in total. The van der Waals surface area contributed by atoms with Gasteiger partial charge in [-0.3, -0.25) is 0 Å². The number of ether oxygens (including phenoxy) is 2. The van der Waals surface area contributed by atoms with Gasteiger partial charge in [-0.1, -0.05) is 12.1 Å². The number of benzene rings is 2. The van der Waals surface area contributed by atoms with Crippen molar-refractivity contribution >= 4 is 5.78 Å². The van der Waals surface area contributed by atoms with Gasteiger partial charge >= 0.3 is 0 Å². The Hall–Kier alpha value is -3.48. The van der Waals surface area contributed by atoms with E-state index in [0.717, 1.165) is 17.0 Å². The minimum Gasteiger partial charge on any atom is -0.497 e. The molecule has 2 aromatic heterocycles. The van der Waals surface area contributed by atoms with Gasteiger partial charge in [-0.05, 0) is 35.9 Å². The van der Waals surface area contributed by atoms with Crippen LogP contribution in [0.1, 0.15) is 11.4 Å². The fourth-order valence-corrected chi connectivity index (χ4v) is 2.92. The lowest BCUT2D eigenvalue weighted by atomic mass is 10.1. The smallest absolute Gasteiger partial charge is 0.252 e. The molecule has 0 saturated heterocycles. The first-order valence-electron chi connectivity index (χ1n) is 8.35. The highest BCUT2D eigenvalue weighted by molar-refractivity contribution is 5.68. The van der Waals surface area contributed by atoms with E-state index in [2.05, 4.69) is 15.1 Å². The van der Waals surface area contributed by atoms with Gasteiger partial charge in [0.15, 0.2) is 5.82 Å². The number of hydrogen-bond donors (Lipinski definition) is 0. The predicted molar refractivity (Wildman–Crippen MR) is 98.5 cm³/mol. The summed E-state index contributed by atoms with van der Waals surface area (Å²) in [6, 6.07) is 13.9. The van der Waals surface area contributed by atoms with Crippen molar-refractivity contribution in [2.24, 2.45) is 0 Å². The van der Waals surface area contributed by atoms with Gasteiger partial charge in [-0.25, -0.2) is 9.37 Å². The second kappa shape index (κ2) is 7.03. The lowest BCUT2D eigenvalue weighted by molar-refractivity contribution is 0.412. The Labute approximate surface area is 155 Å². The molecule has 136 valence electrons. The Morgan fingerprint density at radius 1 is 1.00 bits per heavy atom. The molecule has 0 saturated carbocycles. The van der Waals surface area contributed by atoms with E-state index in [1.54, 1.807) is 30.0 Å². The molecule has 2 heterocycles. The zero-order valence-corrected chi connectivity index (χ0v) is 14.9. The van der Waals surface area contributed by atoms with Gasteiger partial charge in [-0.15, -0.1) is 5.10 Å². The molecule has 0 spiro atoms. The lowest BCUT2D eigenvalue weighted by Crippen LogP contribution is -1.99. The molecular weight excluding hydrogens is 347 g/mol. The van der Waals surface area contributed by atoms with E-state index in [1.165, 1.54) is 19.2 Å². The molecule has 0 aliphatic heterocycles. The SMILES string of the molecule is COc1ccc(Cc2nc3nccc(-c4ccc(F)cc4OC)n3n2)cc1. The average molecular weight is 364 g/mol. The number of fused-ring (bicyclic) bond motifs is 1. The first-order chi connectivity index (χ1) is 13.2. The minimum absolute atomic E-state index is 0.361. The van der Waals surface area contributed by atoms with Crippen LogP contribution in [0, 0.1) is 5.82 Å². The Balaban J connectivity index is 1.74. The molecule has 0 bridgehead atoms. The first kappa shape index (κ1) is 17.0. The molecule has 27 heavy (non-hydrogen) atoms. The quantitative estimate of drug-likeness (QED) is 0.542. The fraction of sp³-hybridized carbons (Fsp3) is 0.150. The van der Waals surface area contributed by atoms with Crippen LogP contribution in [-0.4, -0.2) is 33.8 Å². The molecule has 0 unspecified atom stereocenters. The normalized spacial score (nSPS) is 10.9. The Bertz CT molecular complexity index is 1090. The Morgan fingerprint density at radius 2 is 1.81 bits per heavy atom. The second-order valence-corrected chi connectivity index (χ2v) is 5.94. The van der Waals surface area contributed by atoms with Crippen LogP contribution in [0.2, 0.25) is 0 Å². The van der Waals surface area contributed by atoms with Crippen molar-refractivity contribution < 1.29 is 13.9 Å². The summed E-state index contributed by atoms with van der Waals surface area (Å²) in [4.78, 5) is 8.79. The third kappa shape index (κ3) is 3.31. The lowest BCUT2D eigenvalue weighted by Gasteiger charge is -2.09. The summed E-state index contributed by atoms with van der Waals surface area (Å²) in [6.45, 7) is 0. The van der Waals surface area contributed by atoms with E-state index in [1.807, 2.05) is 24.3 Å². The van der Waals surface area contributed by atoms with Crippen LogP contribution in [0.3, 0.4) is 0 Å². The van der Waals surface area contributed by atoms with Crippen LogP contribution in [0.5, 0.6) is 11.5 Å². The summed E-state index contributed by atoms with van der Waals surface area (Å²) in [6.07, 6.45) is 2.21. The van der Waals surface area contributed by atoms with Crippen molar-refractivity contribution in [3.63, 3.8) is 0 Å². The van der Waals surface area contributed by atoms with E-state index >= 15 is 0 Å². The molecule has 0 fully saturated rings. The topological polar surface area (TPSA) is 61.5 Å². The van der Waals surface area contributed by atoms with Crippen molar-refractivity contribution in [2.45, 2.75) is 6.42 Å². The maximum absolute atomic E-state index is 13.5. The standard InChI is InChI=1S/C20H17FN4O2/c1-26-15-6-3-13(4-7-15)11-19-23-20-22-10-9-17(25(20)24-19)16-8-5-14(21)12-18(16)27-2/h3-10,12H,11H2,1-2H3. The van der Waals surface area contributed by atoms with Gasteiger partial charge in [0.25, 0.3) is 5.78 Å². The van der Waals surface area contributed by atoms with Crippen LogP contribution >= 0.6 is 0 Å². The number of halogens is 1. The van der Waals surface area contributed by atoms with Crippen molar-refractivity contribution in [3.05, 3.63) is 71.9 Å². The van der Waals surface area contributed by atoms with E-state index in [0.29, 0.717) is 29.3 Å². The number of nitrogens with zero attached hydrogens (tertiary/aromatic N) is 4. The van der Waals surface area contributed by atoms with Crippen molar-refractivity contribution in [2.75, 3.05) is 14.2 Å². The third-order valence-corrected chi connectivity index (χ3v) is 4.25. The van der Waals surface area contributed by atoms with Crippen LogP contribution < -0.4 is 9.47 Å². The number of aromatic nitrogens is 4. The van der Waals surface area contributed by atoms with Crippen molar-refractivity contribution in [3.8, 4) is 22.8 Å². The fourth-order valence-electron chi connectivity index (χ4n) is 2.92. The number of methoxy groups -OCH3 is 2. The summed E-state index contributed by atoms with van der Waals surface area (Å²) in [5.74, 6) is 1.98. The number of rotatable bonds is 5. The summed E-state index contributed by atoms with van der Waals surface area (Å²) in [5.41, 5.74) is 2.50. The summed E-state index contributed by atoms with van der Waals surface area (Å²) < 4.78 is 25.7. The highest BCUT2D eigenvalue weighted by Crippen LogP contribution is 2.30. The molecule has 0 amide bonds.